The van der Waals surface area contributed by atoms with Gasteiger partial charge in [-0.2, -0.15) is 5.10 Å². The zero-order valence-electron chi connectivity index (χ0n) is 64.1. The molecular weight excluding hydrogens is 1330 g/mol. The first-order valence-corrected chi connectivity index (χ1v) is 38.7. The van der Waals surface area contributed by atoms with Crippen molar-refractivity contribution in [3.8, 4) is 0 Å². The van der Waals surface area contributed by atoms with E-state index in [1.54, 1.807) is 121 Å². The van der Waals surface area contributed by atoms with Crippen LogP contribution in [0.25, 0.3) is 32.0 Å². The van der Waals surface area contributed by atoms with Gasteiger partial charge < -0.3 is 4.98 Å². The monoisotopic (exact) mass is 1440 g/mol. The first kappa shape index (κ1) is 85.1. The van der Waals surface area contributed by atoms with Crippen LogP contribution in [-0.2, 0) is 0 Å². The number of aromatic nitrogens is 12. The average molecular weight is 1450 g/mol. The Morgan fingerprint density at radius 1 is 0.452 bits per heavy atom. The topological polar surface area (TPSA) is 160 Å². The zero-order chi connectivity index (χ0) is 74.8. The molecule has 0 aliphatic heterocycles. The number of thiophene rings is 1. The maximum absolute atomic E-state index is 4.33. The Balaban J connectivity index is 0.000000202. The number of benzene rings is 4. The van der Waals surface area contributed by atoms with Gasteiger partial charge in [0.15, 0.2) is 0 Å². The number of allylic oxidation sites excluding steroid dienone is 2. The Morgan fingerprint density at radius 3 is 1.49 bits per heavy atom. The minimum atomic E-state index is 0.822. The highest BCUT2D eigenvalue weighted by Gasteiger charge is 2.52. The molecule has 4 aromatic carbocycles. The summed E-state index contributed by atoms with van der Waals surface area (Å²) < 4.78 is 1.28. The van der Waals surface area contributed by atoms with Crippen LogP contribution in [0, 0.1) is 93.4 Å². The lowest BCUT2D eigenvalue weighted by atomic mass is 9.46. The number of pyridine rings is 3. The summed E-state index contributed by atoms with van der Waals surface area (Å²) in [6, 6.07) is 52.9. The van der Waals surface area contributed by atoms with Crippen LogP contribution < -0.4 is 0 Å². The van der Waals surface area contributed by atoms with E-state index < -0.39 is 0 Å². The third-order valence-electron chi connectivity index (χ3n) is 16.5. The second-order valence-electron chi connectivity index (χ2n) is 26.7. The number of fused-ring (bicyclic) bond motifs is 3. The number of hydrogen-bond acceptors (Lipinski definition) is 13. The van der Waals surface area contributed by atoms with E-state index in [1.165, 1.54) is 124 Å². The molecule has 104 heavy (non-hydrogen) atoms. The summed E-state index contributed by atoms with van der Waals surface area (Å²) in [5.41, 5.74) is 14.4. The van der Waals surface area contributed by atoms with Crippen molar-refractivity contribution in [3.63, 3.8) is 0 Å². The molecule has 12 nitrogen and oxygen atoms in total. The normalized spacial score (nSPS) is 14.3. The minimum absolute atomic E-state index is 0.822. The van der Waals surface area contributed by atoms with E-state index in [0.29, 0.717) is 0 Å². The molecule has 0 amide bonds. The summed E-state index contributed by atoms with van der Waals surface area (Å²) in [5, 5.41) is 15.6. The summed E-state index contributed by atoms with van der Waals surface area (Å²) in [4.78, 5) is 39.8. The van der Waals surface area contributed by atoms with Crippen molar-refractivity contribution in [2.24, 2.45) is 17.3 Å². The third kappa shape index (κ3) is 39.2. The number of thiazole rings is 2. The lowest BCUT2D eigenvalue weighted by Crippen LogP contribution is -2.48. The SMILES string of the molecule is CC12CC(C1)C2.CC1=CCCCC1.CC1CCCCC1.Cc1ccc2cc[nH]c2c1.Cc1ccc2cn[nH]c2c1.Cc1ccccc1.Cc1ccccn1.Cc1cccnc1.Cc1cccs1.Cc1ccncc1.Cc1cncnc1.Cc1nc2ccccc2s1.Cc1ncccn1.Cc1nccs1. The molecule has 0 saturated heterocycles. The predicted octanol–water partition coefficient (Wildman–Crippen LogP) is 25.1. The van der Waals surface area contributed by atoms with E-state index in [2.05, 4.69) is 193 Å². The first-order valence-electron chi connectivity index (χ1n) is 36.2. The van der Waals surface area contributed by atoms with Crippen LogP contribution >= 0.6 is 34.0 Å². The van der Waals surface area contributed by atoms with Crippen molar-refractivity contribution in [1.29, 1.82) is 0 Å². The molecule has 10 aromatic heterocycles. The molecule has 546 valence electrons. The molecule has 0 radical (unpaired) electrons. The molecule has 4 fully saturated rings. The van der Waals surface area contributed by atoms with Crippen molar-refractivity contribution in [2.45, 2.75) is 174 Å². The Morgan fingerprint density at radius 2 is 1.09 bits per heavy atom. The summed E-state index contributed by atoms with van der Waals surface area (Å²) in [5.74, 6) is 3.03. The average Bonchev–Trinajstić information content (AvgIpc) is 0.857. The number of para-hydroxylation sites is 1. The van der Waals surface area contributed by atoms with E-state index in [-0.39, 0.29) is 0 Å². The molecule has 0 unspecified atom stereocenters. The molecule has 10 heterocycles. The molecule has 14 aromatic rings. The molecule has 2 N–H and O–H groups in total. The molecule has 0 spiro atoms. The number of hydrogen-bond donors (Lipinski definition) is 2. The van der Waals surface area contributed by atoms with E-state index in [1.807, 2.05) is 151 Å². The van der Waals surface area contributed by atoms with E-state index in [9.17, 15) is 0 Å². The van der Waals surface area contributed by atoms with Gasteiger partial charge in [-0.1, -0.05) is 148 Å². The molecular formula is C89H112N12S3. The zero-order valence-corrected chi connectivity index (χ0v) is 66.5. The van der Waals surface area contributed by atoms with Crippen LogP contribution in [0.1, 0.15) is 158 Å². The van der Waals surface area contributed by atoms with Crippen LogP contribution in [0.5, 0.6) is 0 Å². The first-order chi connectivity index (χ1) is 50.3. The van der Waals surface area contributed by atoms with Gasteiger partial charge in [-0.3, -0.25) is 25.0 Å². The van der Waals surface area contributed by atoms with Gasteiger partial charge in [-0.15, -0.1) is 34.0 Å². The van der Waals surface area contributed by atoms with Crippen LogP contribution in [-0.4, -0.2) is 60.0 Å². The molecule has 15 heteroatoms. The fourth-order valence-electron chi connectivity index (χ4n) is 10.7. The number of rotatable bonds is 0. The maximum atomic E-state index is 4.33. The van der Waals surface area contributed by atoms with Gasteiger partial charge in [-0.05, 0) is 257 Å². The lowest BCUT2D eigenvalue weighted by Gasteiger charge is -2.60. The summed E-state index contributed by atoms with van der Waals surface area (Å²) >= 11 is 5.19. The second kappa shape index (κ2) is 50.8. The molecule has 5 aliphatic carbocycles. The third-order valence-corrected chi connectivity index (χ3v) is 18.9. The van der Waals surface area contributed by atoms with E-state index in [4.69, 9.17) is 0 Å². The Bertz CT molecular complexity index is 3940. The fraction of sp³-hybridized carbons (Fsp3) is 0.326. The van der Waals surface area contributed by atoms with Crippen molar-refractivity contribution in [1.82, 2.24) is 60.0 Å². The van der Waals surface area contributed by atoms with Gasteiger partial charge in [0, 0.05) is 95.0 Å². The second-order valence-corrected chi connectivity index (χ2v) is 30.2. The van der Waals surface area contributed by atoms with Crippen molar-refractivity contribution in [2.75, 3.05) is 0 Å². The van der Waals surface area contributed by atoms with Gasteiger partial charge in [0.2, 0.25) is 0 Å². The van der Waals surface area contributed by atoms with Gasteiger partial charge in [0.25, 0.3) is 0 Å². The largest absolute Gasteiger partial charge is 0.361 e. The number of nitrogens with one attached hydrogen (secondary N) is 2. The molecule has 19 rings (SSSR count). The summed E-state index contributed by atoms with van der Waals surface area (Å²) in [6.45, 7) is 29.2. The standard InChI is InChI=1S/C9H9N.C8H8N2.C8H7NS.C7H14.C7H12.C7H8.3C6H7N.C6H10.2C5H6N2.C5H6S.C4H5NS/c1-7-2-3-8-4-5-10-9(8)6-7;1-6-2-3-7-5-9-10-8(7)4-6;1-6-9-7-4-2-3-5-8(7)10-6;3*1-7-5-3-2-4-6-7;1-6-2-4-7-5-3-6;1-6-3-2-4-7-5-6;1-6-4-2-3-5-7-6;1-6-2-5(3-6)4-6;1-5-2-6-4-7-3-5;1-5-6-3-2-4-7-5;1-5-3-2-4-6-5;1-4-5-2-3-6-4/h2-6,10H,1H3;2-5H,1H3,(H,9,10);2-5H,1H3;7H,2-6H2,1H3;5H,2-4,6H2,1H3;2-6H,1H3;3*2-5H,1H3;5H,2-4H2,1H3;2*2-4H,1H3;2-4H,1H3;2-3H,1H3. The van der Waals surface area contributed by atoms with Crippen LogP contribution in [0.3, 0.4) is 0 Å². The highest BCUT2D eigenvalue weighted by Crippen LogP contribution is 2.63. The minimum Gasteiger partial charge on any atom is -0.361 e. The van der Waals surface area contributed by atoms with Crippen LogP contribution in [0.15, 0.2) is 261 Å². The lowest BCUT2D eigenvalue weighted by molar-refractivity contribution is -0.0882. The van der Waals surface area contributed by atoms with Crippen molar-refractivity contribution >= 4 is 66.0 Å². The van der Waals surface area contributed by atoms with Gasteiger partial charge in [0.05, 0.1) is 31.9 Å². The van der Waals surface area contributed by atoms with Crippen molar-refractivity contribution < 1.29 is 0 Å². The Hall–Kier alpha value is -9.54. The fourth-order valence-corrected chi connectivity index (χ4v) is 12.5. The molecule has 4 saturated carbocycles. The summed E-state index contributed by atoms with van der Waals surface area (Å²) in [6.07, 6.45) is 43.0. The number of aromatic amines is 2. The quantitative estimate of drug-likeness (QED) is 0.140. The highest BCUT2D eigenvalue weighted by atomic mass is 32.1. The smallest absolute Gasteiger partial charge is 0.125 e. The van der Waals surface area contributed by atoms with Crippen LogP contribution in [0.4, 0.5) is 0 Å². The molecule has 0 atom stereocenters. The number of nitrogens with zero attached hydrogens (tertiary/aromatic N) is 10. The van der Waals surface area contributed by atoms with Crippen LogP contribution in [0.2, 0.25) is 0 Å². The van der Waals surface area contributed by atoms with Gasteiger partial charge >= 0.3 is 0 Å². The highest BCUT2D eigenvalue weighted by molar-refractivity contribution is 7.18. The van der Waals surface area contributed by atoms with Gasteiger partial charge in [0.1, 0.15) is 12.2 Å². The van der Waals surface area contributed by atoms with E-state index in [0.717, 1.165) is 49.5 Å². The molecule has 5 aliphatic rings. The Kier molecular flexibility index (Phi) is 41.5. The maximum Gasteiger partial charge on any atom is 0.125 e. The van der Waals surface area contributed by atoms with Crippen molar-refractivity contribution in [3.05, 3.63) is 321 Å². The Labute approximate surface area is 633 Å². The van der Waals surface area contributed by atoms with Gasteiger partial charge in [-0.25, -0.2) is 24.9 Å². The molecule has 2 bridgehead atoms. The number of H-pyrrole nitrogens is 2. The van der Waals surface area contributed by atoms with E-state index >= 15 is 0 Å². The summed E-state index contributed by atoms with van der Waals surface area (Å²) in [7, 11) is 0. The predicted molar refractivity (Wildman–Crippen MR) is 446 cm³/mol. The number of aryl methyl sites for hydroxylation is 11.